The second-order valence-corrected chi connectivity index (χ2v) is 10.6. The Bertz CT molecular complexity index is 1930. The van der Waals surface area contributed by atoms with Gasteiger partial charge in [0, 0.05) is 34.7 Å². The van der Waals surface area contributed by atoms with E-state index in [1.165, 1.54) is 34.7 Å². The van der Waals surface area contributed by atoms with Gasteiger partial charge in [-0.2, -0.15) is 0 Å². The number of hydrogen-bond donors (Lipinski definition) is 0. The molecule has 6 aromatic rings. The number of fused-ring (bicyclic) bond motifs is 4. The van der Waals surface area contributed by atoms with Gasteiger partial charge in [-0.15, -0.1) is 17.9 Å². The Morgan fingerprint density at radius 2 is 1.86 bits per heavy atom. The summed E-state index contributed by atoms with van der Waals surface area (Å²) < 4.78 is 7.17. The highest BCUT2D eigenvalue weighted by Gasteiger charge is 2.18. The van der Waals surface area contributed by atoms with Crippen molar-refractivity contribution in [1.82, 2.24) is 9.55 Å². The molecule has 0 bridgehead atoms. The van der Waals surface area contributed by atoms with Crippen molar-refractivity contribution >= 4 is 55.1 Å². The fourth-order valence-electron chi connectivity index (χ4n) is 4.63. The third-order valence-electron chi connectivity index (χ3n) is 6.40. The molecule has 7 heteroatoms. The quantitative estimate of drug-likeness (QED) is 0.0763. The lowest BCUT2D eigenvalue weighted by Crippen LogP contribution is -2.22. The van der Waals surface area contributed by atoms with E-state index in [0.717, 1.165) is 32.8 Å². The first-order chi connectivity index (χ1) is 18.0. The fourth-order valence-corrected chi connectivity index (χ4v) is 6.60. The molecule has 0 saturated carbocycles. The van der Waals surface area contributed by atoms with Crippen molar-refractivity contribution in [2.24, 2.45) is 0 Å². The van der Waals surface area contributed by atoms with E-state index in [2.05, 4.69) is 6.58 Å². The molecule has 0 aliphatic heterocycles. The molecule has 0 fully saturated rings. The van der Waals surface area contributed by atoms with Gasteiger partial charge in [0.1, 0.15) is 10.4 Å². The fraction of sp³-hybridized carbons (Fsp3) is 0.100. The van der Waals surface area contributed by atoms with Gasteiger partial charge in [-0.05, 0) is 34.9 Å². The molecular formula is C30H22N2O3S2. The van der Waals surface area contributed by atoms with Crippen molar-refractivity contribution in [2.75, 3.05) is 0 Å². The van der Waals surface area contributed by atoms with Crippen LogP contribution in [0.2, 0.25) is 0 Å². The van der Waals surface area contributed by atoms with Crippen LogP contribution in [0.5, 0.6) is 0 Å². The third-order valence-corrected chi connectivity index (χ3v) is 8.30. The summed E-state index contributed by atoms with van der Waals surface area (Å²) in [7, 11) is 0. The molecule has 0 atom stereocenters. The van der Waals surface area contributed by atoms with E-state index >= 15 is 0 Å². The molecule has 5 nitrogen and oxygen atoms in total. The number of benzene rings is 3. The summed E-state index contributed by atoms with van der Waals surface area (Å²) in [4.78, 5) is 31.7. The van der Waals surface area contributed by atoms with Crippen molar-refractivity contribution in [2.45, 2.75) is 24.4 Å². The molecule has 0 radical (unpaired) electrons. The van der Waals surface area contributed by atoms with E-state index in [-0.39, 0.29) is 5.56 Å². The topological polar surface area (TPSA) is 65.1 Å². The first kappa shape index (κ1) is 23.5. The van der Waals surface area contributed by atoms with E-state index in [0.29, 0.717) is 33.3 Å². The summed E-state index contributed by atoms with van der Waals surface area (Å²) in [5.41, 5.74) is 3.97. The van der Waals surface area contributed by atoms with Gasteiger partial charge in [-0.3, -0.25) is 9.36 Å². The van der Waals surface area contributed by atoms with Gasteiger partial charge in [0.25, 0.3) is 5.56 Å². The molecule has 3 aromatic carbocycles. The van der Waals surface area contributed by atoms with Crippen LogP contribution in [0.4, 0.5) is 0 Å². The van der Waals surface area contributed by atoms with Gasteiger partial charge in [0.15, 0.2) is 5.16 Å². The van der Waals surface area contributed by atoms with Crippen LogP contribution in [0.15, 0.2) is 104 Å². The van der Waals surface area contributed by atoms with Crippen LogP contribution in [-0.4, -0.2) is 9.55 Å². The maximum atomic E-state index is 13.7. The Morgan fingerprint density at radius 1 is 1.05 bits per heavy atom. The molecule has 0 saturated heterocycles. The maximum Gasteiger partial charge on any atom is 0.336 e. The molecular weight excluding hydrogens is 500 g/mol. The van der Waals surface area contributed by atoms with E-state index < -0.39 is 5.63 Å². The normalized spacial score (nSPS) is 11.5. The Morgan fingerprint density at radius 3 is 2.68 bits per heavy atom. The minimum atomic E-state index is -0.397. The SMILES string of the molecule is C=CCn1c(SCc2cc(=O)oc3ccc4ccccc4c23)nc2scc(-c3ccc(C)cc3)c2c1=O. The van der Waals surface area contributed by atoms with Crippen molar-refractivity contribution < 1.29 is 4.42 Å². The van der Waals surface area contributed by atoms with Gasteiger partial charge >= 0.3 is 5.63 Å². The zero-order valence-electron chi connectivity index (χ0n) is 20.1. The monoisotopic (exact) mass is 522 g/mol. The zero-order chi connectivity index (χ0) is 25.5. The van der Waals surface area contributed by atoms with Crippen LogP contribution in [-0.2, 0) is 12.3 Å². The van der Waals surface area contributed by atoms with Crippen molar-refractivity contribution in [3.63, 3.8) is 0 Å². The van der Waals surface area contributed by atoms with Crippen molar-refractivity contribution in [3.8, 4) is 11.1 Å². The van der Waals surface area contributed by atoms with Crippen LogP contribution >= 0.6 is 23.1 Å². The molecule has 0 spiro atoms. The number of aromatic nitrogens is 2. The Balaban J connectivity index is 1.46. The molecule has 0 aliphatic rings. The molecule has 3 heterocycles. The average molecular weight is 523 g/mol. The van der Waals surface area contributed by atoms with Gasteiger partial charge < -0.3 is 4.42 Å². The summed E-state index contributed by atoms with van der Waals surface area (Å²) in [6.07, 6.45) is 1.71. The van der Waals surface area contributed by atoms with Gasteiger partial charge in [0.05, 0.1) is 5.39 Å². The van der Waals surface area contributed by atoms with E-state index in [1.807, 2.05) is 73.0 Å². The summed E-state index contributed by atoms with van der Waals surface area (Å²) in [5.74, 6) is 0.460. The highest BCUT2D eigenvalue weighted by atomic mass is 32.2. The van der Waals surface area contributed by atoms with Gasteiger partial charge in [-0.25, -0.2) is 9.78 Å². The number of hydrogen-bond acceptors (Lipinski definition) is 6. The molecule has 0 N–H and O–H groups in total. The average Bonchev–Trinajstić information content (AvgIpc) is 3.33. The molecule has 6 rings (SSSR count). The van der Waals surface area contributed by atoms with Gasteiger partial charge in [0.2, 0.25) is 0 Å². The second kappa shape index (κ2) is 9.50. The van der Waals surface area contributed by atoms with Crippen LogP contribution in [0.25, 0.3) is 43.1 Å². The third kappa shape index (κ3) is 4.20. The first-order valence-corrected chi connectivity index (χ1v) is 13.7. The van der Waals surface area contributed by atoms with Crippen LogP contribution in [0.1, 0.15) is 11.1 Å². The van der Waals surface area contributed by atoms with Crippen LogP contribution in [0, 0.1) is 6.92 Å². The molecule has 0 unspecified atom stereocenters. The largest absolute Gasteiger partial charge is 0.423 e. The molecule has 0 amide bonds. The first-order valence-electron chi connectivity index (χ1n) is 11.8. The van der Waals surface area contributed by atoms with Crippen molar-refractivity contribution in [3.05, 3.63) is 117 Å². The lowest BCUT2D eigenvalue weighted by Gasteiger charge is -2.12. The molecule has 182 valence electrons. The van der Waals surface area contributed by atoms with E-state index in [1.54, 1.807) is 10.6 Å². The number of allylic oxidation sites excluding steroid dienone is 1. The smallest absolute Gasteiger partial charge is 0.336 e. The minimum Gasteiger partial charge on any atom is -0.423 e. The summed E-state index contributed by atoms with van der Waals surface area (Å²) in [5, 5.41) is 6.21. The predicted octanol–water partition coefficient (Wildman–Crippen LogP) is 7.17. The molecule has 37 heavy (non-hydrogen) atoms. The van der Waals surface area contributed by atoms with Crippen molar-refractivity contribution in [1.29, 1.82) is 0 Å². The number of nitrogens with zero attached hydrogens (tertiary/aromatic N) is 2. The number of rotatable bonds is 6. The Labute approximate surface area is 220 Å². The van der Waals surface area contributed by atoms with E-state index in [9.17, 15) is 9.59 Å². The summed E-state index contributed by atoms with van der Waals surface area (Å²) >= 11 is 2.91. The highest BCUT2D eigenvalue weighted by Crippen LogP contribution is 2.34. The second-order valence-electron chi connectivity index (χ2n) is 8.83. The lowest BCUT2D eigenvalue weighted by molar-refractivity contribution is 0.560. The van der Waals surface area contributed by atoms with E-state index in [4.69, 9.17) is 9.40 Å². The molecule has 3 aromatic heterocycles. The number of thioether (sulfide) groups is 1. The minimum absolute atomic E-state index is 0.0906. The molecule has 0 aliphatic carbocycles. The number of thiophene rings is 1. The maximum absolute atomic E-state index is 13.7. The van der Waals surface area contributed by atoms with Crippen LogP contribution < -0.4 is 11.2 Å². The lowest BCUT2D eigenvalue weighted by atomic mass is 10.0. The zero-order valence-corrected chi connectivity index (χ0v) is 21.7. The summed E-state index contributed by atoms with van der Waals surface area (Å²) in [6.45, 7) is 6.24. The summed E-state index contributed by atoms with van der Waals surface area (Å²) in [6, 6.07) is 21.5. The Hall–Kier alpha value is -3.94. The van der Waals surface area contributed by atoms with Crippen LogP contribution in [0.3, 0.4) is 0 Å². The van der Waals surface area contributed by atoms with Gasteiger partial charge in [-0.1, -0.05) is 78.0 Å². The number of aryl methyl sites for hydroxylation is 1. The highest BCUT2D eigenvalue weighted by molar-refractivity contribution is 7.98. The Kier molecular flexibility index (Phi) is 6.02. The standard InChI is InChI=1S/C30H22N2O3S2/c1-3-14-32-29(34)27-23(20-10-8-18(2)9-11-20)17-36-28(27)31-30(32)37-16-21-15-25(33)35-24-13-12-19-6-4-5-7-22(19)26(21)24/h3-13,15,17H,1,14,16H2,2H3. The predicted molar refractivity (Wildman–Crippen MR) is 154 cm³/mol.